The van der Waals surface area contributed by atoms with Crippen molar-refractivity contribution in [3.63, 3.8) is 0 Å². The molecule has 1 fully saturated rings. The number of thiophene rings is 1. The first-order chi connectivity index (χ1) is 14.6. The van der Waals surface area contributed by atoms with Crippen molar-refractivity contribution in [3.8, 4) is 16.3 Å². The first kappa shape index (κ1) is 19.9. The van der Waals surface area contributed by atoms with Gasteiger partial charge in [-0.2, -0.15) is 5.10 Å². The quantitative estimate of drug-likeness (QED) is 0.591. The van der Waals surface area contributed by atoms with E-state index >= 15 is 0 Å². The highest BCUT2D eigenvalue weighted by atomic mass is 32.1. The summed E-state index contributed by atoms with van der Waals surface area (Å²) in [6.07, 6.45) is 4.86. The molecular weight excluding hydrogens is 400 g/mol. The zero-order valence-electron chi connectivity index (χ0n) is 16.5. The average molecular weight is 423 g/mol. The lowest BCUT2D eigenvalue weighted by Gasteiger charge is -2.18. The molecule has 0 bridgehead atoms. The summed E-state index contributed by atoms with van der Waals surface area (Å²) in [6, 6.07) is 13.7. The molecule has 0 aliphatic carbocycles. The Kier molecular flexibility index (Phi) is 5.94. The second-order valence-electron chi connectivity index (χ2n) is 6.99. The van der Waals surface area contributed by atoms with Crippen molar-refractivity contribution < 1.29 is 14.3 Å². The molecule has 0 saturated carbocycles. The van der Waals surface area contributed by atoms with Gasteiger partial charge in [0.05, 0.1) is 17.1 Å². The number of hydrogen-bond donors (Lipinski definition) is 1. The second-order valence-corrected chi connectivity index (χ2v) is 7.94. The fourth-order valence-corrected chi connectivity index (χ4v) is 3.98. The van der Waals surface area contributed by atoms with E-state index in [1.54, 1.807) is 22.3 Å². The van der Waals surface area contributed by atoms with E-state index in [9.17, 15) is 9.59 Å². The lowest BCUT2D eigenvalue weighted by molar-refractivity contribution is -0.117. The van der Waals surface area contributed by atoms with Crippen molar-refractivity contribution in [2.24, 2.45) is 0 Å². The Morgan fingerprint density at radius 1 is 1.30 bits per heavy atom. The molecule has 3 heterocycles. The van der Waals surface area contributed by atoms with Crippen molar-refractivity contribution in [3.05, 3.63) is 65.7 Å². The van der Waals surface area contributed by atoms with Crippen molar-refractivity contribution >= 4 is 29.4 Å². The van der Waals surface area contributed by atoms with Gasteiger partial charge in [-0.15, -0.1) is 11.3 Å². The highest BCUT2D eigenvalue weighted by Crippen LogP contribution is 2.28. The van der Waals surface area contributed by atoms with Crippen molar-refractivity contribution in [1.29, 1.82) is 0 Å². The molecule has 1 aliphatic rings. The number of carbonyl (C=O) groups is 2. The third-order valence-electron chi connectivity index (χ3n) is 4.66. The molecule has 2 amide bonds. The fraction of sp³-hybridized carbons (Fsp3) is 0.227. The van der Waals surface area contributed by atoms with Crippen molar-refractivity contribution in [1.82, 2.24) is 20.0 Å². The minimum atomic E-state index is -0.333. The van der Waals surface area contributed by atoms with Crippen LogP contribution in [0.5, 0.6) is 0 Å². The molecule has 154 valence electrons. The zero-order chi connectivity index (χ0) is 20.9. The highest BCUT2D eigenvalue weighted by Gasteiger charge is 2.23. The third kappa shape index (κ3) is 4.60. The Bertz CT molecular complexity index is 1040. The van der Waals surface area contributed by atoms with Gasteiger partial charge in [-0.05, 0) is 36.6 Å². The number of cyclic esters (lactones) is 1. The predicted octanol–water partition coefficient (Wildman–Crippen LogP) is 3.57. The summed E-state index contributed by atoms with van der Waals surface area (Å²) < 4.78 is 6.73. The fourth-order valence-electron chi connectivity index (χ4n) is 3.25. The smallest absolute Gasteiger partial charge is 0.410 e. The van der Waals surface area contributed by atoms with Crippen LogP contribution in [-0.2, 0) is 9.53 Å². The molecule has 0 radical (unpaired) electrons. The van der Waals surface area contributed by atoms with Crippen LogP contribution in [-0.4, -0.2) is 52.4 Å². The first-order valence-corrected chi connectivity index (χ1v) is 10.6. The minimum Gasteiger partial charge on any atom is -0.448 e. The monoisotopic (exact) mass is 422 g/mol. The van der Waals surface area contributed by atoms with Crippen molar-refractivity contribution in [2.75, 3.05) is 19.7 Å². The number of aromatic nitrogens is 2. The number of rotatable bonds is 7. The van der Waals surface area contributed by atoms with Crippen LogP contribution in [0.3, 0.4) is 0 Å². The molecule has 2 aromatic heterocycles. The summed E-state index contributed by atoms with van der Waals surface area (Å²) in [5, 5.41) is 9.62. The van der Waals surface area contributed by atoms with Crippen LogP contribution in [0, 0.1) is 0 Å². The zero-order valence-corrected chi connectivity index (χ0v) is 17.3. The minimum absolute atomic E-state index is 0.184. The van der Waals surface area contributed by atoms with Crippen LogP contribution in [0.4, 0.5) is 4.79 Å². The van der Waals surface area contributed by atoms with Crippen LogP contribution in [0.1, 0.15) is 12.5 Å². The molecule has 1 N–H and O–H groups in total. The van der Waals surface area contributed by atoms with Gasteiger partial charge in [0, 0.05) is 30.4 Å². The number of hydrogen-bond acceptors (Lipinski definition) is 5. The van der Waals surface area contributed by atoms with E-state index in [1.165, 1.54) is 6.08 Å². The summed E-state index contributed by atoms with van der Waals surface area (Å²) in [6.45, 7) is 3.24. The number of benzene rings is 1. The van der Waals surface area contributed by atoms with Gasteiger partial charge in [-0.25, -0.2) is 9.48 Å². The van der Waals surface area contributed by atoms with Gasteiger partial charge in [0.25, 0.3) is 0 Å². The van der Waals surface area contributed by atoms with E-state index in [0.717, 1.165) is 21.8 Å². The van der Waals surface area contributed by atoms with Crippen LogP contribution in [0.25, 0.3) is 22.3 Å². The third-order valence-corrected chi connectivity index (χ3v) is 5.54. The number of carbonyl (C=O) groups excluding carboxylic acids is 2. The molecule has 0 unspecified atom stereocenters. The molecule has 1 aliphatic heterocycles. The maximum atomic E-state index is 12.4. The molecule has 4 rings (SSSR count). The van der Waals surface area contributed by atoms with Gasteiger partial charge in [0.15, 0.2) is 0 Å². The number of para-hydroxylation sites is 1. The summed E-state index contributed by atoms with van der Waals surface area (Å²) >= 11 is 1.60. The highest BCUT2D eigenvalue weighted by molar-refractivity contribution is 7.13. The second kappa shape index (κ2) is 8.96. The normalized spacial score (nSPS) is 14.8. The Labute approximate surface area is 178 Å². The molecule has 1 atom stereocenters. The van der Waals surface area contributed by atoms with Gasteiger partial charge >= 0.3 is 6.09 Å². The maximum absolute atomic E-state index is 12.4. The lowest BCUT2D eigenvalue weighted by atomic mass is 10.2. The maximum Gasteiger partial charge on any atom is 0.410 e. The molecule has 8 heteroatoms. The van der Waals surface area contributed by atoms with E-state index in [4.69, 9.17) is 9.84 Å². The molecule has 30 heavy (non-hydrogen) atoms. The topological polar surface area (TPSA) is 76.5 Å². The van der Waals surface area contributed by atoms with Gasteiger partial charge in [-0.3, -0.25) is 4.79 Å². The van der Waals surface area contributed by atoms with Gasteiger partial charge in [0.2, 0.25) is 5.91 Å². The molecule has 1 saturated heterocycles. The van der Waals surface area contributed by atoms with E-state index in [1.807, 2.05) is 65.6 Å². The summed E-state index contributed by atoms with van der Waals surface area (Å²) in [5.74, 6) is -0.223. The van der Waals surface area contributed by atoms with Gasteiger partial charge < -0.3 is 15.0 Å². The molecule has 1 aromatic carbocycles. The number of ether oxygens (including phenoxy) is 1. The predicted molar refractivity (Wildman–Crippen MR) is 116 cm³/mol. The van der Waals surface area contributed by atoms with E-state index in [2.05, 4.69) is 5.32 Å². The summed E-state index contributed by atoms with van der Waals surface area (Å²) in [5.41, 5.74) is 2.63. The molecule has 7 nitrogen and oxygen atoms in total. The Balaban J connectivity index is 1.48. The summed E-state index contributed by atoms with van der Waals surface area (Å²) in [7, 11) is 0. The van der Waals surface area contributed by atoms with Crippen LogP contribution in [0.15, 0.2) is 60.1 Å². The van der Waals surface area contributed by atoms with Gasteiger partial charge in [-0.1, -0.05) is 24.3 Å². The van der Waals surface area contributed by atoms with E-state index in [0.29, 0.717) is 19.7 Å². The Morgan fingerprint density at radius 3 is 2.83 bits per heavy atom. The summed E-state index contributed by atoms with van der Waals surface area (Å²) in [4.78, 5) is 26.6. The number of nitrogens with zero attached hydrogens (tertiary/aromatic N) is 3. The lowest BCUT2D eigenvalue weighted by Crippen LogP contribution is -2.41. The van der Waals surface area contributed by atoms with Crippen molar-refractivity contribution in [2.45, 2.75) is 13.0 Å². The molecule has 3 aromatic rings. The van der Waals surface area contributed by atoms with Crippen LogP contribution >= 0.6 is 11.3 Å². The SMILES string of the molecule is C[C@H](CN1CCOC1=O)NC(=O)/C=C/c1cn(-c2ccccc2)nc1-c1cccs1. The van der Waals surface area contributed by atoms with Gasteiger partial charge in [0.1, 0.15) is 12.3 Å². The Hall–Kier alpha value is -3.39. The largest absolute Gasteiger partial charge is 0.448 e. The number of amides is 2. The standard InChI is InChI=1S/C22H22N4O3S/c1-16(14-25-11-12-29-22(25)28)23-20(27)10-9-17-15-26(18-6-3-2-4-7-18)24-21(17)19-8-5-13-30-19/h2-10,13,15-16H,11-12,14H2,1H3,(H,23,27)/b10-9+/t16-/m1/s1. The molecule has 0 spiro atoms. The first-order valence-electron chi connectivity index (χ1n) is 9.69. The van der Waals surface area contributed by atoms with E-state index < -0.39 is 0 Å². The van der Waals surface area contributed by atoms with Crippen LogP contribution in [0.2, 0.25) is 0 Å². The van der Waals surface area contributed by atoms with E-state index in [-0.39, 0.29) is 18.0 Å². The number of nitrogens with one attached hydrogen (secondary N) is 1. The average Bonchev–Trinajstić information content (AvgIpc) is 3.48. The van der Waals surface area contributed by atoms with Crippen LogP contribution < -0.4 is 5.32 Å². The Morgan fingerprint density at radius 2 is 2.13 bits per heavy atom. The molecular formula is C22H22N4O3S.